The van der Waals surface area contributed by atoms with Gasteiger partial charge >= 0.3 is 0 Å². The highest BCUT2D eigenvalue weighted by Crippen LogP contribution is 2.21. The van der Waals surface area contributed by atoms with Gasteiger partial charge in [0, 0.05) is 0 Å². The maximum absolute atomic E-state index is 3.60. The SMILES string of the molecule is CSCCCNCC1CCCCCC1. The predicted molar refractivity (Wildman–Crippen MR) is 67.1 cm³/mol. The van der Waals surface area contributed by atoms with Crippen LogP contribution >= 0.6 is 11.8 Å². The highest BCUT2D eigenvalue weighted by molar-refractivity contribution is 7.98. The van der Waals surface area contributed by atoms with Crippen LogP contribution in [0, 0.1) is 5.92 Å². The Morgan fingerprint density at radius 1 is 1.14 bits per heavy atom. The summed E-state index contributed by atoms with van der Waals surface area (Å²) in [4.78, 5) is 0. The summed E-state index contributed by atoms with van der Waals surface area (Å²) >= 11 is 1.95. The molecule has 0 atom stereocenters. The van der Waals surface area contributed by atoms with Gasteiger partial charge in [-0.1, -0.05) is 25.7 Å². The summed E-state index contributed by atoms with van der Waals surface area (Å²) in [6.07, 6.45) is 12.3. The summed E-state index contributed by atoms with van der Waals surface area (Å²) in [5, 5.41) is 3.60. The molecule has 1 fully saturated rings. The molecule has 0 heterocycles. The Hall–Kier alpha value is 0.310. The Morgan fingerprint density at radius 3 is 2.50 bits per heavy atom. The van der Waals surface area contributed by atoms with E-state index in [-0.39, 0.29) is 0 Å². The maximum Gasteiger partial charge on any atom is -0.00205 e. The number of nitrogens with one attached hydrogen (secondary N) is 1. The fourth-order valence-electron chi connectivity index (χ4n) is 2.22. The van der Waals surface area contributed by atoms with Gasteiger partial charge in [-0.05, 0) is 50.3 Å². The van der Waals surface area contributed by atoms with Gasteiger partial charge in [-0.25, -0.2) is 0 Å². The molecular weight excluding hydrogens is 190 g/mol. The van der Waals surface area contributed by atoms with Gasteiger partial charge < -0.3 is 5.32 Å². The quantitative estimate of drug-likeness (QED) is 0.539. The predicted octanol–water partition coefficient (Wildman–Crippen LogP) is 3.30. The average Bonchev–Trinajstić information content (AvgIpc) is 2.46. The molecule has 0 amide bonds. The van der Waals surface area contributed by atoms with Gasteiger partial charge in [0.1, 0.15) is 0 Å². The topological polar surface area (TPSA) is 12.0 Å². The largest absolute Gasteiger partial charge is 0.316 e. The molecule has 0 bridgehead atoms. The molecule has 0 aliphatic heterocycles. The molecule has 0 saturated heterocycles. The lowest BCUT2D eigenvalue weighted by Gasteiger charge is -2.14. The zero-order chi connectivity index (χ0) is 10.1. The molecular formula is C12H25NS. The van der Waals surface area contributed by atoms with Crippen molar-refractivity contribution in [2.45, 2.75) is 44.9 Å². The van der Waals surface area contributed by atoms with E-state index >= 15 is 0 Å². The van der Waals surface area contributed by atoms with Crippen LogP contribution in [0.3, 0.4) is 0 Å². The Morgan fingerprint density at radius 2 is 1.86 bits per heavy atom. The average molecular weight is 215 g/mol. The van der Waals surface area contributed by atoms with E-state index in [0.29, 0.717) is 0 Å². The van der Waals surface area contributed by atoms with Crippen LogP contribution < -0.4 is 5.32 Å². The molecule has 1 saturated carbocycles. The molecule has 1 N–H and O–H groups in total. The Balaban J connectivity index is 1.93. The molecule has 14 heavy (non-hydrogen) atoms. The summed E-state index contributed by atoms with van der Waals surface area (Å²) in [6.45, 7) is 2.49. The summed E-state index contributed by atoms with van der Waals surface area (Å²) in [6, 6.07) is 0. The van der Waals surface area contributed by atoms with Gasteiger partial charge in [-0.3, -0.25) is 0 Å². The lowest BCUT2D eigenvalue weighted by Crippen LogP contribution is -2.23. The molecule has 1 rings (SSSR count). The third-order valence-electron chi connectivity index (χ3n) is 3.11. The van der Waals surface area contributed by atoms with Crippen molar-refractivity contribution in [3.05, 3.63) is 0 Å². The van der Waals surface area contributed by atoms with Crippen molar-refractivity contribution in [1.82, 2.24) is 5.32 Å². The first-order valence-corrected chi connectivity index (χ1v) is 7.52. The first-order valence-electron chi connectivity index (χ1n) is 6.13. The minimum Gasteiger partial charge on any atom is -0.316 e. The van der Waals surface area contributed by atoms with E-state index in [1.807, 2.05) is 11.8 Å². The van der Waals surface area contributed by atoms with Gasteiger partial charge in [0.2, 0.25) is 0 Å². The van der Waals surface area contributed by atoms with Crippen LogP contribution in [-0.2, 0) is 0 Å². The highest BCUT2D eigenvalue weighted by Gasteiger charge is 2.10. The van der Waals surface area contributed by atoms with Crippen molar-refractivity contribution in [1.29, 1.82) is 0 Å². The number of thioether (sulfide) groups is 1. The van der Waals surface area contributed by atoms with Crippen molar-refractivity contribution in [2.75, 3.05) is 25.1 Å². The third kappa shape index (κ3) is 5.92. The van der Waals surface area contributed by atoms with Crippen LogP contribution in [0.15, 0.2) is 0 Å². The standard InChI is InChI=1S/C12H25NS/c1-14-10-6-9-13-11-12-7-4-2-3-5-8-12/h12-13H,2-11H2,1H3. The zero-order valence-corrected chi connectivity index (χ0v) is 10.4. The molecule has 84 valence electrons. The van der Waals surface area contributed by atoms with Crippen molar-refractivity contribution >= 4 is 11.8 Å². The zero-order valence-electron chi connectivity index (χ0n) is 9.56. The number of hydrogen-bond acceptors (Lipinski definition) is 2. The van der Waals surface area contributed by atoms with Crippen molar-refractivity contribution < 1.29 is 0 Å². The number of rotatable bonds is 6. The van der Waals surface area contributed by atoms with Crippen LogP contribution in [-0.4, -0.2) is 25.1 Å². The molecule has 0 aromatic carbocycles. The van der Waals surface area contributed by atoms with Crippen molar-refractivity contribution in [3.63, 3.8) is 0 Å². The molecule has 1 aliphatic rings. The van der Waals surface area contributed by atoms with Crippen LogP contribution in [0.1, 0.15) is 44.9 Å². The normalized spacial score (nSPS) is 19.5. The molecule has 0 radical (unpaired) electrons. The number of hydrogen-bond donors (Lipinski definition) is 1. The summed E-state index contributed by atoms with van der Waals surface area (Å²) in [5.74, 6) is 2.28. The monoisotopic (exact) mass is 215 g/mol. The Bertz CT molecular complexity index is 119. The second kappa shape index (κ2) is 8.60. The Kier molecular flexibility index (Phi) is 7.61. The van der Waals surface area contributed by atoms with Crippen molar-refractivity contribution in [2.24, 2.45) is 5.92 Å². The second-order valence-corrected chi connectivity index (χ2v) is 5.39. The maximum atomic E-state index is 3.60. The summed E-state index contributed by atoms with van der Waals surface area (Å²) in [5.41, 5.74) is 0. The van der Waals surface area contributed by atoms with Crippen LogP contribution in [0.4, 0.5) is 0 Å². The first-order chi connectivity index (χ1) is 6.93. The van der Waals surface area contributed by atoms with E-state index < -0.39 is 0 Å². The van der Waals surface area contributed by atoms with E-state index in [2.05, 4.69) is 11.6 Å². The van der Waals surface area contributed by atoms with Gasteiger partial charge in [-0.15, -0.1) is 0 Å². The van der Waals surface area contributed by atoms with Crippen molar-refractivity contribution in [3.8, 4) is 0 Å². The fraction of sp³-hybridized carbons (Fsp3) is 1.00. The van der Waals surface area contributed by atoms with Gasteiger partial charge in [-0.2, -0.15) is 11.8 Å². The third-order valence-corrected chi connectivity index (χ3v) is 3.81. The minimum absolute atomic E-state index is 0.978. The van der Waals surface area contributed by atoms with E-state index in [1.54, 1.807) is 0 Å². The minimum atomic E-state index is 0.978. The van der Waals surface area contributed by atoms with Crippen LogP contribution in [0.2, 0.25) is 0 Å². The fourth-order valence-corrected chi connectivity index (χ4v) is 2.65. The molecule has 2 heteroatoms. The first kappa shape index (κ1) is 12.4. The van der Waals surface area contributed by atoms with Gasteiger partial charge in [0.05, 0.1) is 0 Å². The van der Waals surface area contributed by atoms with Gasteiger partial charge in [0.25, 0.3) is 0 Å². The lowest BCUT2D eigenvalue weighted by molar-refractivity contribution is 0.426. The van der Waals surface area contributed by atoms with E-state index in [9.17, 15) is 0 Å². The van der Waals surface area contributed by atoms with Crippen LogP contribution in [0.25, 0.3) is 0 Å². The van der Waals surface area contributed by atoms with Crippen LogP contribution in [0.5, 0.6) is 0 Å². The molecule has 0 spiro atoms. The van der Waals surface area contributed by atoms with E-state index in [1.165, 1.54) is 63.8 Å². The highest BCUT2D eigenvalue weighted by atomic mass is 32.2. The Labute approximate surface area is 93.4 Å². The molecule has 0 aromatic rings. The molecule has 0 aromatic heterocycles. The molecule has 1 nitrogen and oxygen atoms in total. The summed E-state index contributed by atoms with van der Waals surface area (Å²) < 4.78 is 0. The van der Waals surface area contributed by atoms with Gasteiger partial charge in [0.15, 0.2) is 0 Å². The van der Waals surface area contributed by atoms with E-state index in [0.717, 1.165) is 5.92 Å². The lowest BCUT2D eigenvalue weighted by atomic mass is 10.0. The molecule has 0 unspecified atom stereocenters. The molecule has 1 aliphatic carbocycles. The summed E-state index contributed by atoms with van der Waals surface area (Å²) in [7, 11) is 0. The van der Waals surface area contributed by atoms with E-state index in [4.69, 9.17) is 0 Å². The smallest absolute Gasteiger partial charge is 0.00205 e. The second-order valence-electron chi connectivity index (χ2n) is 4.41.